The number of ether oxygens (including phenoxy) is 1. The van der Waals surface area contributed by atoms with Crippen molar-refractivity contribution in [3.8, 4) is 5.75 Å². The van der Waals surface area contributed by atoms with Gasteiger partial charge in [-0.3, -0.25) is 15.2 Å². The first-order valence-electron chi connectivity index (χ1n) is 7.01. The Hall–Kier alpha value is -1.97. The molecule has 1 aliphatic heterocycles. The fourth-order valence-corrected chi connectivity index (χ4v) is 2.17. The molecule has 0 aliphatic carbocycles. The van der Waals surface area contributed by atoms with E-state index < -0.39 is 5.54 Å². The number of anilines is 1. The summed E-state index contributed by atoms with van der Waals surface area (Å²) in [6.07, 6.45) is 2.10. The van der Waals surface area contributed by atoms with Crippen molar-refractivity contribution >= 4 is 11.6 Å². The number of nitrogens with zero attached hydrogens (tertiary/aromatic N) is 1. The zero-order valence-electron chi connectivity index (χ0n) is 12.4. The number of amides is 1. The molecule has 0 atom stereocenters. The molecule has 1 aromatic carbocycles. The van der Waals surface area contributed by atoms with Gasteiger partial charge in [-0.2, -0.15) is 0 Å². The van der Waals surface area contributed by atoms with Crippen molar-refractivity contribution < 1.29 is 9.53 Å². The molecule has 0 spiro atoms. The molecule has 2 rings (SSSR count). The van der Waals surface area contributed by atoms with Gasteiger partial charge in [0.05, 0.1) is 12.1 Å². The van der Waals surface area contributed by atoms with Gasteiger partial charge in [0.1, 0.15) is 11.4 Å². The number of rotatable bonds is 5. The summed E-state index contributed by atoms with van der Waals surface area (Å²) >= 11 is 0. The summed E-state index contributed by atoms with van der Waals surface area (Å²) in [6, 6.07) is 7.74. The second-order valence-electron chi connectivity index (χ2n) is 5.48. The topological polar surface area (TPSA) is 41.6 Å². The fourth-order valence-electron chi connectivity index (χ4n) is 2.17. The van der Waals surface area contributed by atoms with Crippen LogP contribution >= 0.6 is 0 Å². The highest BCUT2D eigenvalue weighted by molar-refractivity contribution is 6.00. The van der Waals surface area contributed by atoms with Crippen LogP contribution < -0.4 is 15.2 Å². The highest BCUT2D eigenvalue weighted by Crippen LogP contribution is 2.37. The molecule has 0 aromatic heterocycles. The fraction of sp³-hybridized carbons (Fsp3) is 0.438. The van der Waals surface area contributed by atoms with Crippen molar-refractivity contribution in [3.63, 3.8) is 0 Å². The monoisotopic (exact) mass is 274 g/mol. The van der Waals surface area contributed by atoms with Crippen LogP contribution in [0.3, 0.4) is 0 Å². The van der Waals surface area contributed by atoms with Gasteiger partial charge < -0.3 is 4.74 Å². The number of carbonyl (C=O) groups excluding carboxylic acids is 1. The van der Waals surface area contributed by atoms with Crippen LogP contribution in [-0.4, -0.2) is 18.1 Å². The molecule has 1 saturated heterocycles. The Bertz CT molecular complexity index is 523. The second-order valence-corrected chi connectivity index (χ2v) is 5.48. The van der Waals surface area contributed by atoms with Gasteiger partial charge in [-0.1, -0.05) is 32.1 Å². The Morgan fingerprint density at radius 1 is 1.35 bits per heavy atom. The molecule has 1 amide bonds. The van der Waals surface area contributed by atoms with Gasteiger partial charge >= 0.3 is 0 Å². The molecule has 0 saturated carbocycles. The van der Waals surface area contributed by atoms with Crippen molar-refractivity contribution in [2.24, 2.45) is 0 Å². The summed E-state index contributed by atoms with van der Waals surface area (Å²) in [5.41, 5.74) is 3.80. The maximum Gasteiger partial charge on any atom is 0.267 e. The van der Waals surface area contributed by atoms with Gasteiger partial charge in [0.2, 0.25) is 0 Å². The van der Waals surface area contributed by atoms with Crippen LogP contribution in [0.4, 0.5) is 5.69 Å². The van der Waals surface area contributed by atoms with Crippen LogP contribution in [0.25, 0.3) is 0 Å². The van der Waals surface area contributed by atoms with Gasteiger partial charge in [-0.05, 0) is 32.4 Å². The molecule has 1 aliphatic rings. The van der Waals surface area contributed by atoms with Crippen LogP contribution in [-0.2, 0) is 4.79 Å². The van der Waals surface area contributed by atoms with Gasteiger partial charge in [0.15, 0.2) is 0 Å². The first-order valence-corrected chi connectivity index (χ1v) is 7.01. The number of hydrazine groups is 1. The minimum absolute atomic E-state index is 0.140. The molecular weight excluding hydrogens is 252 g/mol. The van der Waals surface area contributed by atoms with E-state index in [4.69, 9.17) is 4.74 Å². The van der Waals surface area contributed by atoms with Gasteiger partial charge in [0, 0.05) is 5.57 Å². The number of carbonyl (C=O) groups is 1. The van der Waals surface area contributed by atoms with Crippen molar-refractivity contribution in [3.05, 3.63) is 36.4 Å². The van der Waals surface area contributed by atoms with Crippen LogP contribution in [0.15, 0.2) is 36.4 Å². The van der Waals surface area contributed by atoms with E-state index in [2.05, 4.69) is 18.9 Å². The molecular formula is C16H22N2O2. The van der Waals surface area contributed by atoms with E-state index in [9.17, 15) is 4.79 Å². The Labute approximate surface area is 120 Å². The Kier molecular flexibility index (Phi) is 4.02. The third kappa shape index (κ3) is 2.50. The van der Waals surface area contributed by atoms with E-state index in [1.54, 1.807) is 0 Å². The largest absolute Gasteiger partial charge is 0.491 e. The van der Waals surface area contributed by atoms with Crippen molar-refractivity contribution in [1.82, 2.24) is 5.43 Å². The van der Waals surface area contributed by atoms with E-state index in [-0.39, 0.29) is 5.91 Å². The highest BCUT2D eigenvalue weighted by atomic mass is 16.5. The Balaban J connectivity index is 2.29. The lowest BCUT2D eigenvalue weighted by Gasteiger charge is -2.33. The smallest absolute Gasteiger partial charge is 0.267 e. The number of nitrogens with one attached hydrogen (secondary N) is 1. The number of unbranched alkanes of at least 4 members (excludes halogenated alkanes) is 1. The third-order valence-corrected chi connectivity index (χ3v) is 3.65. The average molecular weight is 274 g/mol. The van der Waals surface area contributed by atoms with E-state index in [0.717, 1.165) is 24.3 Å². The lowest BCUT2D eigenvalue weighted by atomic mass is 9.96. The molecule has 0 radical (unpaired) electrons. The third-order valence-electron chi connectivity index (χ3n) is 3.65. The molecule has 1 aromatic rings. The van der Waals surface area contributed by atoms with Gasteiger partial charge in [-0.25, -0.2) is 0 Å². The SMILES string of the molecule is C=C1C(=O)NN(c2ccccc2OCCCC)C1(C)C. The zero-order valence-corrected chi connectivity index (χ0v) is 12.4. The maximum absolute atomic E-state index is 11.9. The lowest BCUT2D eigenvalue weighted by molar-refractivity contribution is -0.116. The molecule has 4 nitrogen and oxygen atoms in total. The number of benzene rings is 1. The normalized spacial score (nSPS) is 17.2. The lowest BCUT2D eigenvalue weighted by Crippen LogP contribution is -2.45. The summed E-state index contributed by atoms with van der Waals surface area (Å²) in [5.74, 6) is 0.641. The van der Waals surface area contributed by atoms with E-state index >= 15 is 0 Å². The Morgan fingerprint density at radius 3 is 2.65 bits per heavy atom. The molecule has 20 heavy (non-hydrogen) atoms. The standard InChI is InChI=1S/C16H22N2O2/c1-5-6-11-20-14-10-8-7-9-13(14)18-16(3,4)12(2)15(19)17-18/h7-10H,2,5-6,11H2,1,3-4H3,(H,17,19). The number of hydrogen-bond acceptors (Lipinski definition) is 3. The van der Waals surface area contributed by atoms with Crippen molar-refractivity contribution in [1.29, 1.82) is 0 Å². The summed E-state index contributed by atoms with van der Waals surface area (Å²) in [5, 5.41) is 1.83. The van der Waals surface area contributed by atoms with E-state index in [1.165, 1.54) is 0 Å². The molecule has 4 heteroatoms. The molecule has 1 N–H and O–H groups in total. The number of hydrogen-bond donors (Lipinski definition) is 1. The van der Waals surface area contributed by atoms with Crippen LogP contribution in [0, 0.1) is 0 Å². The van der Waals surface area contributed by atoms with Crippen LogP contribution in [0.1, 0.15) is 33.6 Å². The van der Waals surface area contributed by atoms with E-state index in [0.29, 0.717) is 12.2 Å². The molecule has 108 valence electrons. The molecule has 1 heterocycles. The average Bonchev–Trinajstić information content (AvgIpc) is 2.63. The Morgan fingerprint density at radius 2 is 2.05 bits per heavy atom. The first-order chi connectivity index (χ1) is 9.48. The zero-order chi connectivity index (χ0) is 14.8. The summed E-state index contributed by atoms with van der Waals surface area (Å²) in [6.45, 7) is 10.6. The summed E-state index contributed by atoms with van der Waals surface area (Å²) in [4.78, 5) is 11.9. The van der Waals surface area contributed by atoms with E-state index in [1.807, 2.05) is 43.1 Å². The second kappa shape index (κ2) is 5.57. The number of para-hydroxylation sites is 2. The predicted octanol–water partition coefficient (Wildman–Crippen LogP) is 3.05. The van der Waals surface area contributed by atoms with Crippen molar-refractivity contribution in [2.45, 2.75) is 39.2 Å². The molecule has 0 bridgehead atoms. The maximum atomic E-state index is 11.9. The quantitative estimate of drug-likeness (QED) is 0.663. The minimum atomic E-state index is -0.471. The van der Waals surface area contributed by atoms with Crippen molar-refractivity contribution in [2.75, 3.05) is 11.6 Å². The first kappa shape index (κ1) is 14.4. The van der Waals surface area contributed by atoms with Crippen LogP contribution in [0.5, 0.6) is 5.75 Å². The van der Waals surface area contributed by atoms with Crippen LogP contribution in [0.2, 0.25) is 0 Å². The van der Waals surface area contributed by atoms with Gasteiger partial charge in [0.25, 0.3) is 5.91 Å². The minimum Gasteiger partial charge on any atom is -0.491 e. The predicted molar refractivity (Wildman–Crippen MR) is 80.7 cm³/mol. The summed E-state index contributed by atoms with van der Waals surface area (Å²) < 4.78 is 5.83. The summed E-state index contributed by atoms with van der Waals surface area (Å²) in [7, 11) is 0. The molecule has 0 unspecified atom stereocenters. The van der Waals surface area contributed by atoms with Gasteiger partial charge in [-0.15, -0.1) is 0 Å². The highest BCUT2D eigenvalue weighted by Gasteiger charge is 2.42. The molecule has 1 fully saturated rings.